The molecule has 2 fully saturated rings. The Hall–Kier alpha value is -1.88. The minimum atomic E-state index is -1.02. The molecule has 0 aromatic heterocycles. The summed E-state index contributed by atoms with van der Waals surface area (Å²) in [7, 11) is 0. The van der Waals surface area contributed by atoms with Gasteiger partial charge in [-0.25, -0.2) is 4.39 Å². The van der Waals surface area contributed by atoms with Crippen LogP contribution in [0.15, 0.2) is 36.4 Å². The quantitative estimate of drug-likeness (QED) is 0.498. The Morgan fingerprint density at radius 2 is 2.00 bits per heavy atom. The van der Waals surface area contributed by atoms with E-state index in [1.165, 1.54) is 6.07 Å². The average molecular weight is 507 g/mol. The number of hydrogen-bond donors (Lipinski definition) is 4. The molecule has 2 saturated heterocycles. The minimum Gasteiger partial charge on any atom is -0.374 e. The van der Waals surface area contributed by atoms with Gasteiger partial charge >= 0.3 is 0 Å². The Labute approximate surface area is 207 Å². The third-order valence-electron chi connectivity index (χ3n) is 7.00. The third-order valence-corrected chi connectivity index (χ3v) is 8.53. The van der Waals surface area contributed by atoms with Gasteiger partial charge in [-0.2, -0.15) is 0 Å². The van der Waals surface area contributed by atoms with E-state index in [0.717, 1.165) is 5.88 Å². The zero-order chi connectivity index (χ0) is 24.2. The summed E-state index contributed by atoms with van der Waals surface area (Å²) in [4.78, 5) is 16.8. The molecule has 4 unspecified atom stereocenters. The van der Waals surface area contributed by atoms with Gasteiger partial charge in [-0.05, 0) is 49.7 Å². The van der Waals surface area contributed by atoms with Crippen LogP contribution in [0, 0.1) is 5.82 Å². The Morgan fingerprint density at radius 3 is 2.71 bits per heavy atom. The van der Waals surface area contributed by atoms with Gasteiger partial charge in [-0.15, -0.1) is 11.8 Å². The molecule has 0 aliphatic carbocycles. The number of piperazine rings is 1. The lowest BCUT2D eigenvalue weighted by molar-refractivity contribution is -0.143. The first-order chi connectivity index (χ1) is 16.2. The molecule has 5 rings (SSSR count). The summed E-state index contributed by atoms with van der Waals surface area (Å²) < 4.78 is 14.3. The maximum atomic E-state index is 14.5. The van der Waals surface area contributed by atoms with Gasteiger partial charge in [-0.3, -0.25) is 15.0 Å². The molecular weight excluding hydrogens is 479 g/mol. The Bertz CT molecular complexity index is 1120. The van der Waals surface area contributed by atoms with Crippen molar-refractivity contribution in [3.63, 3.8) is 0 Å². The predicted octanol–water partition coefficient (Wildman–Crippen LogP) is 2.83. The number of anilines is 1. The maximum absolute atomic E-state index is 14.5. The second-order valence-electron chi connectivity index (χ2n) is 9.51. The number of nitrogens with one attached hydrogen (secondary N) is 2. The van der Waals surface area contributed by atoms with Crippen LogP contribution in [0.5, 0.6) is 0 Å². The largest absolute Gasteiger partial charge is 0.374 e. The number of halogens is 2. The summed E-state index contributed by atoms with van der Waals surface area (Å²) in [5, 5.41) is 29.0. The molecule has 2 aromatic rings. The normalized spacial score (nSPS) is 28.6. The van der Waals surface area contributed by atoms with E-state index < -0.39 is 24.3 Å². The molecule has 0 bridgehead atoms. The second kappa shape index (κ2) is 8.96. The van der Waals surface area contributed by atoms with Crippen LogP contribution in [0.2, 0.25) is 5.02 Å². The van der Waals surface area contributed by atoms with Crippen molar-refractivity contribution in [3.05, 3.63) is 52.8 Å². The number of thioether (sulfide) groups is 1. The van der Waals surface area contributed by atoms with Crippen LogP contribution in [0.3, 0.4) is 0 Å². The molecule has 3 aliphatic heterocycles. The number of amides is 1. The number of nitrogens with zero attached hydrogens (tertiary/aromatic N) is 2. The molecule has 34 heavy (non-hydrogen) atoms. The highest BCUT2D eigenvalue weighted by Crippen LogP contribution is 2.38. The van der Waals surface area contributed by atoms with Crippen LogP contribution >= 0.6 is 23.4 Å². The third kappa shape index (κ3) is 4.19. The van der Waals surface area contributed by atoms with Gasteiger partial charge in [0.1, 0.15) is 24.3 Å². The molecule has 0 radical (unpaired) electrons. The first-order valence-electron chi connectivity index (χ1n) is 11.3. The van der Waals surface area contributed by atoms with Crippen LogP contribution in [-0.4, -0.2) is 74.5 Å². The topological polar surface area (TPSA) is 88.1 Å². The number of fused-ring (bicyclic) bond motifs is 2. The summed E-state index contributed by atoms with van der Waals surface area (Å²) in [6, 6.07) is 8.88. The lowest BCUT2D eigenvalue weighted by atomic mass is 9.99. The first-order valence-corrected chi connectivity index (χ1v) is 12.7. The summed E-state index contributed by atoms with van der Waals surface area (Å²) in [5.41, 5.74) is 2.09. The number of aliphatic hydroxyl groups excluding tert-OH is 2. The Balaban J connectivity index is 1.40. The highest BCUT2D eigenvalue weighted by molar-refractivity contribution is 8.00. The summed E-state index contributed by atoms with van der Waals surface area (Å²) in [6.07, 6.45) is -2.02. The summed E-state index contributed by atoms with van der Waals surface area (Å²) >= 11 is 7.61. The summed E-state index contributed by atoms with van der Waals surface area (Å²) in [5.74, 6) is 0.287. The number of carbonyl (C=O) groups is 1. The van der Waals surface area contributed by atoms with Crippen LogP contribution in [0.1, 0.15) is 25.6 Å². The number of hydrogen-bond acceptors (Lipinski definition) is 7. The predicted molar refractivity (Wildman–Crippen MR) is 132 cm³/mol. The number of benzene rings is 2. The zero-order valence-electron chi connectivity index (χ0n) is 19.0. The smallest absolute Gasteiger partial charge is 0.241 e. The SMILES string of the molecule is CC1(C)SCNC1C(=O)N1CCN2C(O)c3cc(-c4ccc(Cl)cc4F)ccc3NC(O)C2C1. The van der Waals surface area contributed by atoms with Gasteiger partial charge < -0.3 is 20.4 Å². The molecule has 3 heterocycles. The average Bonchev–Trinajstić information content (AvgIpc) is 3.12. The maximum Gasteiger partial charge on any atom is 0.241 e. The Morgan fingerprint density at radius 1 is 1.21 bits per heavy atom. The number of carbonyl (C=O) groups excluding carboxylic acids is 1. The highest BCUT2D eigenvalue weighted by atomic mass is 35.5. The molecule has 10 heteroatoms. The molecule has 3 aliphatic rings. The molecule has 2 aromatic carbocycles. The van der Waals surface area contributed by atoms with Crippen LogP contribution in [-0.2, 0) is 4.79 Å². The lowest BCUT2D eigenvalue weighted by Crippen LogP contribution is -2.63. The fraction of sp³-hybridized carbons (Fsp3) is 0.458. The standard InChI is InChI=1S/C24H28ClFN4O3S/c1-24(2)20(27-12-34-24)23(33)29-7-8-30-19(11-29)21(31)28-18-6-3-13(9-16(18)22(30)32)15-5-4-14(25)10-17(15)26/h3-6,9-10,19-22,27-28,31-32H,7-8,11-12H2,1-2H3. The number of rotatable bonds is 2. The van der Waals surface area contributed by atoms with Crippen molar-refractivity contribution in [1.82, 2.24) is 15.1 Å². The number of aliphatic hydroxyl groups is 2. The van der Waals surface area contributed by atoms with E-state index in [0.29, 0.717) is 40.5 Å². The van der Waals surface area contributed by atoms with Gasteiger partial charge in [-0.1, -0.05) is 17.7 Å². The van der Waals surface area contributed by atoms with Gasteiger partial charge in [0.25, 0.3) is 0 Å². The van der Waals surface area contributed by atoms with E-state index in [4.69, 9.17) is 11.6 Å². The van der Waals surface area contributed by atoms with Gasteiger partial charge in [0, 0.05) is 52.1 Å². The van der Waals surface area contributed by atoms with Crippen molar-refractivity contribution in [2.75, 3.05) is 30.8 Å². The highest BCUT2D eigenvalue weighted by Gasteiger charge is 2.46. The van der Waals surface area contributed by atoms with Gasteiger partial charge in [0.05, 0.1) is 6.04 Å². The van der Waals surface area contributed by atoms with E-state index in [1.54, 1.807) is 51.9 Å². The van der Waals surface area contributed by atoms with Crippen molar-refractivity contribution in [2.45, 2.75) is 43.1 Å². The van der Waals surface area contributed by atoms with Crippen molar-refractivity contribution < 1.29 is 19.4 Å². The Kier molecular flexibility index (Phi) is 6.29. The molecule has 4 atom stereocenters. The van der Waals surface area contributed by atoms with Crippen LogP contribution < -0.4 is 10.6 Å². The van der Waals surface area contributed by atoms with Crippen LogP contribution in [0.25, 0.3) is 11.1 Å². The molecular formula is C24H28ClFN4O3S. The molecule has 0 spiro atoms. The van der Waals surface area contributed by atoms with E-state index >= 15 is 0 Å². The van der Waals surface area contributed by atoms with E-state index in [1.807, 2.05) is 0 Å². The molecule has 0 saturated carbocycles. The van der Waals surface area contributed by atoms with E-state index in [2.05, 4.69) is 24.5 Å². The fourth-order valence-electron chi connectivity index (χ4n) is 5.05. The van der Waals surface area contributed by atoms with Crippen molar-refractivity contribution in [2.24, 2.45) is 0 Å². The molecule has 182 valence electrons. The van der Waals surface area contributed by atoms with E-state index in [9.17, 15) is 19.4 Å². The lowest BCUT2D eigenvalue weighted by Gasteiger charge is -2.44. The zero-order valence-corrected chi connectivity index (χ0v) is 20.5. The summed E-state index contributed by atoms with van der Waals surface area (Å²) in [6.45, 7) is 5.24. The fourth-order valence-corrected chi connectivity index (χ4v) is 6.18. The molecule has 1 amide bonds. The monoisotopic (exact) mass is 506 g/mol. The van der Waals surface area contributed by atoms with E-state index in [-0.39, 0.29) is 23.2 Å². The second-order valence-corrected chi connectivity index (χ2v) is 11.6. The van der Waals surface area contributed by atoms with Crippen LogP contribution in [0.4, 0.5) is 10.1 Å². The molecule has 4 N–H and O–H groups in total. The van der Waals surface area contributed by atoms with Crippen molar-refractivity contribution in [3.8, 4) is 11.1 Å². The van der Waals surface area contributed by atoms with Crippen molar-refractivity contribution >= 4 is 35.0 Å². The van der Waals surface area contributed by atoms with Crippen molar-refractivity contribution in [1.29, 1.82) is 0 Å². The van der Waals surface area contributed by atoms with Gasteiger partial charge in [0.15, 0.2) is 0 Å². The van der Waals surface area contributed by atoms with Gasteiger partial charge in [0.2, 0.25) is 5.91 Å². The minimum absolute atomic E-state index is 0.0126. The first kappa shape index (κ1) is 23.8. The molecule has 7 nitrogen and oxygen atoms in total.